The van der Waals surface area contributed by atoms with Crippen LogP contribution in [0.2, 0.25) is 0 Å². The van der Waals surface area contributed by atoms with E-state index in [-0.39, 0.29) is 19.6 Å². The number of aliphatic hydroxyl groups excluding tert-OH is 1. The monoisotopic (exact) mass is 519 g/mol. The summed E-state index contributed by atoms with van der Waals surface area (Å²) in [6, 6.07) is 9.45. The molecule has 0 saturated carbocycles. The van der Waals surface area contributed by atoms with Crippen molar-refractivity contribution in [3.8, 4) is 5.00 Å². The molecular weight excluding hydrogens is 490 g/mol. The highest BCUT2D eigenvalue weighted by Gasteiger charge is 2.32. The van der Waals surface area contributed by atoms with E-state index in [1.165, 1.54) is 4.88 Å². The number of benzene rings is 1. The van der Waals surface area contributed by atoms with Crippen LogP contribution in [0.4, 0.5) is 11.5 Å². The van der Waals surface area contributed by atoms with Crippen LogP contribution in [0.1, 0.15) is 52.6 Å². The first kappa shape index (κ1) is 24.8. The van der Waals surface area contributed by atoms with E-state index in [0.717, 1.165) is 51.3 Å². The summed E-state index contributed by atoms with van der Waals surface area (Å²) in [6.45, 7) is 8.64. The fourth-order valence-electron chi connectivity index (χ4n) is 4.45. The fourth-order valence-corrected chi connectivity index (χ4v) is 5.67. The molecule has 0 amide bonds. The Bertz CT molecular complexity index is 1470. The maximum Gasteiger partial charge on any atom is 0.308 e. The van der Waals surface area contributed by atoms with Crippen LogP contribution in [0.3, 0.4) is 0 Å². The van der Waals surface area contributed by atoms with Crippen molar-refractivity contribution in [3.63, 3.8) is 0 Å². The van der Waals surface area contributed by atoms with Gasteiger partial charge >= 0.3 is 5.97 Å². The lowest BCUT2D eigenvalue weighted by atomic mass is 9.99. The minimum Gasteiger partial charge on any atom is -0.463 e. The second-order valence-corrected chi connectivity index (χ2v) is 9.98. The van der Waals surface area contributed by atoms with Crippen molar-refractivity contribution < 1.29 is 14.6 Å². The van der Waals surface area contributed by atoms with E-state index >= 15 is 0 Å². The molecule has 1 aliphatic heterocycles. The second-order valence-electron chi connectivity index (χ2n) is 8.78. The first-order valence-corrected chi connectivity index (χ1v) is 13.0. The van der Waals surface area contributed by atoms with Gasteiger partial charge in [0.2, 0.25) is 0 Å². The Labute approximate surface area is 218 Å². The van der Waals surface area contributed by atoms with Crippen LogP contribution in [0, 0.1) is 20.8 Å². The molecule has 0 unspecified atom stereocenters. The third-order valence-corrected chi connectivity index (χ3v) is 7.59. The van der Waals surface area contributed by atoms with Gasteiger partial charge in [0, 0.05) is 34.3 Å². The Balaban J connectivity index is 1.57. The highest BCUT2D eigenvalue weighted by molar-refractivity contribution is 7.15. The van der Waals surface area contributed by atoms with E-state index in [4.69, 9.17) is 14.8 Å². The van der Waals surface area contributed by atoms with Gasteiger partial charge in [-0.15, -0.1) is 21.5 Å². The van der Waals surface area contributed by atoms with Gasteiger partial charge in [-0.05, 0) is 45.4 Å². The molecule has 11 heteroatoms. The first-order chi connectivity index (χ1) is 17.9. The smallest absolute Gasteiger partial charge is 0.308 e. The van der Waals surface area contributed by atoms with Gasteiger partial charge in [0.05, 0.1) is 24.9 Å². The average Bonchev–Trinajstić information content (AvgIpc) is 3.56. The summed E-state index contributed by atoms with van der Waals surface area (Å²) in [4.78, 5) is 18.8. The SMILES string of the molecule is CCn1nccc1Nc1ccc(C2=N[C@@H](CC(=O)OCCO)c3nnc(C)n3-c3sc(C)c(C)c32)cc1. The first-order valence-electron chi connectivity index (χ1n) is 12.2. The lowest BCUT2D eigenvalue weighted by molar-refractivity contribution is -0.145. The minimum absolute atomic E-state index is 0.00471. The fraction of sp³-hybridized carbons (Fsp3) is 0.346. The zero-order valence-electron chi connectivity index (χ0n) is 21.2. The average molecular weight is 520 g/mol. The lowest BCUT2D eigenvalue weighted by Crippen LogP contribution is -2.15. The van der Waals surface area contributed by atoms with Gasteiger partial charge in [0.25, 0.3) is 0 Å². The molecule has 37 heavy (non-hydrogen) atoms. The highest BCUT2D eigenvalue weighted by atomic mass is 32.1. The number of hydrogen-bond acceptors (Lipinski definition) is 9. The van der Waals surface area contributed by atoms with Crippen molar-refractivity contribution >= 4 is 34.5 Å². The largest absolute Gasteiger partial charge is 0.463 e. The summed E-state index contributed by atoms with van der Waals surface area (Å²) >= 11 is 1.67. The number of aryl methyl sites for hydroxylation is 3. The molecule has 0 fully saturated rings. The number of fused-ring (bicyclic) bond motifs is 3. The molecule has 1 aromatic carbocycles. The van der Waals surface area contributed by atoms with E-state index in [9.17, 15) is 4.79 Å². The molecule has 5 rings (SSSR count). The molecule has 2 N–H and O–H groups in total. The summed E-state index contributed by atoms with van der Waals surface area (Å²) in [5.41, 5.74) is 4.82. The molecule has 0 radical (unpaired) electrons. The number of hydrogen-bond donors (Lipinski definition) is 2. The number of rotatable bonds is 8. The molecule has 3 aromatic heterocycles. The van der Waals surface area contributed by atoms with Crippen LogP contribution in [-0.4, -0.2) is 54.5 Å². The van der Waals surface area contributed by atoms with Crippen LogP contribution in [-0.2, 0) is 16.1 Å². The summed E-state index contributed by atoms with van der Waals surface area (Å²) in [5.74, 6) is 1.81. The molecule has 0 bridgehead atoms. The normalized spacial score (nSPS) is 14.5. The number of aromatic nitrogens is 5. The third-order valence-electron chi connectivity index (χ3n) is 6.40. The van der Waals surface area contributed by atoms with Gasteiger partial charge < -0.3 is 15.2 Å². The number of aliphatic imine (C=N–C) groups is 1. The Kier molecular flexibility index (Phi) is 6.90. The third kappa shape index (κ3) is 4.67. The molecule has 0 saturated heterocycles. The molecule has 192 valence electrons. The molecule has 0 aliphatic carbocycles. The number of esters is 1. The maximum atomic E-state index is 12.5. The van der Waals surface area contributed by atoms with Gasteiger partial charge in [-0.1, -0.05) is 12.1 Å². The minimum atomic E-state index is -0.585. The molecule has 1 atom stereocenters. The standard InChI is InChI=1S/C26H29N7O3S/c1-5-32-21(10-11-27-32)28-19-8-6-18(7-9-19)24-23-15(2)16(3)37-26(23)33-17(4)30-31-25(33)20(29-24)14-22(35)36-13-12-34/h6-11,20,28,34H,5,12-14H2,1-4H3/t20-/m0/s1. The number of thiophene rings is 1. The van der Waals surface area contributed by atoms with Crippen LogP contribution >= 0.6 is 11.3 Å². The van der Waals surface area contributed by atoms with E-state index in [2.05, 4.69) is 34.5 Å². The topological polar surface area (TPSA) is 119 Å². The molecular formula is C26H29N7O3S. The van der Waals surface area contributed by atoms with Crippen LogP contribution < -0.4 is 5.32 Å². The number of carbonyl (C=O) groups is 1. The zero-order chi connectivity index (χ0) is 26.1. The van der Waals surface area contributed by atoms with E-state index in [0.29, 0.717) is 5.82 Å². The lowest BCUT2D eigenvalue weighted by Gasteiger charge is -2.13. The van der Waals surface area contributed by atoms with E-state index in [1.54, 1.807) is 17.5 Å². The zero-order valence-corrected chi connectivity index (χ0v) is 22.0. The Hall–Kier alpha value is -3.83. The van der Waals surface area contributed by atoms with Gasteiger partial charge in [0.15, 0.2) is 5.82 Å². The summed E-state index contributed by atoms with van der Waals surface area (Å²) < 4.78 is 9.05. The van der Waals surface area contributed by atoms with Crippen LogP contribution in [0.15, 0.2) is 41.5 Å². The van der Waals surface area contributed by atoms with Gasteiger partial charge in [0.1, 0.15) is 29.3 Å². The van der Waals surface area contributed by atoms with E-state index < -0.39 is 12.0 Å². The number of nitrogens with one attached hydrogen (secondary N) is 1. The number of aliphatic hydroxyl groups is 1. The number of anilines is 2. The van der Waals surface area contributed by atoms with E-state index in [1.807, 2.05) is 53.4 Å². The molecule has 0 spiro atoms. The van der Waals surface area contributed by atoms with Crippen molar-refractivity contribution in [1.29, 1.82) is 0 Å². The van der Waals surface area contributed by atoms with Gasteiger partial charge in [-0.3, -0.25) is 14.4 Å². The van der Waals surface area contributed by atoms with Crippen molar-refractivity contribution in [1.82, 2.24) is 24.5 Å². The second kappa shape index (κ2) is 10.3. The number of nitrogens with zero attached hydrogens (tertiary/aromatic N) is 6. The van der Waals surface area contributed by atoms with Crippen molar-refractivity contribution in [3.05, 3.63) is 69.7 Å². The van der Waals surface area contributed by atoms with Gasteiger partial charge in [-0.25, -0.2) is 4.68 Å². The van der Waals surface area contributed by atoms with Crippen molar-refractivity contribution in [2.45, 2.75) is 46.7 Å². The van der Waals surface area contributed by atoms with Gasteiger partial charge in [-0.2, -0.15) is 5.10 Å². The quantitative estimate of drug-likeness (QED) is 0.337. The number of carbonyl (C=O) groups excluding carboxylic acids is 1. The number of ether oxygens (including phenoxy) is 1. The predicted octanol–water partition coefficient (Wildman–Crippen LogP) is 4.03. The summed E-state index contributed by atoms with van der Waals surface area (Å²) in [6.07, 6.45) is 1.77. The predicted molar refractivity (Wildman–Crippen MR) is 142 cm³/mol. The molecule has 4 heterocycles. The molecule has 1 aliphatic rings. The van der Waals surface area contributed by atoms with Crippen LogP contribution in [0.25, 0.3) is 5.00 Å². The Morgan fingerprint density at radius 3 is 2.68 bits per heavy atom. The summed E-state index contributed by atoms with van der Waals surface area (Å²) in [7, 11) is 0. The highest BCUT2D eigenvalue weighted by Crippen LogP contribution is 2.39. The van der Waals surface area contributed by atoms with Crippen molar-refractivity contribution in [2.24, 2.45) is 4.99 Å². The maximum absolute atomic E-state index is 12.5. The Morgan fingerprint density at radius 1 is 1.16 bits per heavy atom. The summed E-state index contributed by atoms with van der Waals surface area (Å²) in [5, 5.41) is 26.5. The molecule has 4 aromatic rings. The molecule has 10 nitrogen and oxygen atoms in total. The van der Waals surface area contributed by atoms with Crippen LogP contribution in [0.5, 0.6) is 0 Å². The van der Waals surface area contributed by atoms with Crippen molar-refractivity contribution in [2.75, 3.05) is 18.5 Å². The Morgan fingerprint density at radius 2 is 1.95 bits per heavy atom.